The van der Waals surface area contributed by atoms with Crippen LogP contribution in [0.3, 0.4) is 0 Å². The minimum Gasteiger partial charge on any atom is -0.493 e. The SMILES string of the molecule is CCOC(=O)C1=C(C)NC(=O)N[C@@H]1c1ccc(OCC(=O)N/N=C/c2cccc(OC)c2OC(C)C)c(OC)c1. The molecule has 3 N–H and O–H groups in total. The Kier molecular flexibility index (Phi) is 10.3. The lowest BCUT2D eigenvalue weighted by Gasteiger charge is -2.28. The number of rotatable bonds is 12. The molecule has 1 aliphatic rings. The number of methoxy groups -OCH3 is 2. The van der Waals surface area contributed by atoms with E-state index < -0.39 is 23.9 Å². The zero-order valence-electron chi connectivity index (χ0n) is 23.3. The van der Waals surface area contributed by atoms with Gasteiger partial charge < -0.3 is 34.3 Å². The maximum atomic E-state index is 12.6. The van der Waals surface area contributed by atoms with Crippen LogP contribution in [0.15, 0.2) is 52.8 Å². The van der Waals surface area contributed by atoms with E-state index in [9.17, 15) is 14.4 Å². The van der Waals surface area contributed by atoms with Crippen molar-refractivity contribution in [3.8, 4) is 23.0 Å². The largest absolute Gasteiger partial charge is 0.493 e. The van der Waals surface area contributed by atoms with Crippen molar-refractivity contribution >= 4 is 24.1 Å². The van der Waals surface area contributed by atoms with Gasteiger partial charge in [0.05, 0.1) is 44.8 Å². The van der Waals surface area contributed by atoms with Gasteiger partial charge in [0.25, 0.3) is 5.91 Å². The molecule has 1 heterocycles. The van der Waals surface area contributed by atoms with Crippen LogP contribution in [0.5, 0.6) is 23.0 Å². The highest BCUT2D eigenvalue weighted by Crippen LogP contribution is 2.35. The summed E-state index contributed by atoms with van der Waals surface area (Å²) in [5.41, 5.74) is 4.27. The maximum Gasteiger partial charge on any atom is 0.338 e. The monoisotopic (exact) mass is 554 g/mol. The average Bonchev–Trinajstić information content (AvgIpc) is 2.91. The van der Waals surface area contributed by atoms with Crippen LogP contribution in [-0.4, -0.2) is 57.7 Å². The summed E-state index contributed by atoms with van der Waals surface area (Å²) in [4.78, 5) is 37.1. The third-order valence-corrected chi connectivity index (χ3v) is 5.62. The van der Waals surface area contributed by atoms with Crippen molar-refractivity contribution in [1.82, 2.24) is 16.1 Å². The number of carbonyl (C=O) groups is 3. The van der Waals surface area contributed by atoms with Crippen molar-refractivity contribution in [2.24, 2.45) is 5.10 Å². The molecule has 1 atom stereocenters. The number of carbonyl (C=O) groups excluding carboxylic acids is 3. The van der Waals surface area contributed by atoms with E-state index >= 15 is 0 Å². The second-order valence-corrected chi connectivity index (χ2v) is 8.83. The summed E-state index contributed by atoms with van der Waals surface area (Å²) in [6.07, 6.45) is 1.37. The summed E-state index contributed by atoms with van der Waals surface area (Å²) in [7, 11) is 2.98. The Morgan fingerprint density at radius 2 is 1.85 bits per heavy atom. The van der Waals surface area contributed by atoms with Crippen LogP contribution >= 0.6 is 0 Å². The first-order valence-corrected chi connectivity index (χ1v) is 12.6. The highest BCUT2D eigenvalue weighted by molar-refractivity contribution is 5.95. The van der Waals surface area contributed by atoms with Gasteiger partial charge in [-0.1, -0.05) is 12.1 Å². The summed E-state index contributed by atoms with van der Waals surface area (Å²) < 4.78 is 27.4. The summed E-state index contributed by atoms with van der Waals surface area (Å²) in [6, 6.07) is 8.99. The molecule has 0 unspecified atom stereocenters. The highest BCUT2D eigenvalue weighted by atomic mass is 16.5. The van der Waals surface area contributed by atoms with Gasteiger partial charge >= 0.3 is 12.0 Å². The zero-order chi connectivity index (χ0) is 29.2. The van der Waals surface area contributed by atoms with Crippen molar-refractivity contribution in [1.29, 1.82) is 0 Å². The van der Waals surface area contributed by atoms with Crippen molar-refractivity contribution in [3.05, 3.63) is 58.8 Å². The third kappa shape index (κ3) is 7.43. The van der Waals surface area contributed by atoms with Gasteiger partial charge in [-0.3, -0.25) is 4.79 Å². The summed E-state index contributed by atoms with van der Waals surface area (Å²) in [5.74, 6) is 0.585. The molecular formula is C28H34N4O8. The fraction of sp³-hybridized carbons (Fsp3) is 0.357. The van der Waals surface area contributed by atoms with Crippen molar-refractivity contribution in [2.75, 3.05) is 27.4 Å². The number of hydrogen-bond acceptors (Lipinski definition) is 9. The number of nitrogens with one attached hydrogen (secondary N) is 3. The molecule has 12 heteroatoms. The van der Waals surface area contributed by atoms with Gasteiger partial charge in [0.15, 0.2) is 29.6 Å². The minimum atomic E-state index is -0.769. The normalized spacial score (nSPS) is 14.9. The molecule has 0 spiro atoms. The van der Waals surface area contributed by atoms with E-state index in [1.165, 1.54) is 13.3 Å². The molecule has 0 aliphatic carbocycles. The Morgan fingerprint density at radius 3 is 2.52 bits per heavy atom. The first-order chi connectivity index (χ1) is 19.2. The number of para-hydroxylation sites is 1. The van der Waals surface area contributed by atoms with E-state index in [0.717, 1.165) is 0 Å². The molecule has 1 aliphatic heterocycles. The first-order valence-electron chi connectivity index (χ1n) is 12.6. The summed E-state index contributed by atoms with van der Waals surface area (Å²) >= 11 is 0. The molecule has 2 aromatic rings. The number of hydrazone groups is 1. The average molecular weight is 555 g/mol. The summed E-state index contributed by atoms with van der Waals surface area (Å²) in [5, 5.41) is 9.32. The van der Waals surface area contributed by atoms with Crippen LogP contribution in [0.25, 0.3) is 0 Å². The number of allylic oxidation sites excluding steroid dienone is 1. The Balaban J connectivity index is 1.69. The topological polar surface area (TPSA) is 146 Å². The number of esters is 1. The van der Waals surface area contributed by atoms with Gasteiger partial charge in [0.1, 0.15) is 0 Å². The Bertz CT molecular complexity index is 1310. The molecule has 0 saturated heterocycles. The standard InChI is InChI=1S/C28H34N4O8/c1-7-38-27(34)24-17(4)30-28(35)31-25(24)18-11-12-20(22(13-18)37-6)39-15-23(33)32-29-14-19-9-8-10-21(36-5)26(19)40-16(2)3/h8-14,16,25H,7,15H2,1-6H3,(H,32,33)(H2,30,31,35)/b29-14+/t25-/m1/s1. The Morgan fingerprint density at radius 1 is 1.10 bits per heavy atom. The number of amides is 3. The summed E-state index contributed by atoms with van der Waals surface area (Å²) in [6.45, 7) is 6.95. The van der Waals surface area contributed by atoms with Crippen molar-refractivity contribution in [2.45, 2.75) is 39.8 Å². The molecule has 0 bridgehead atoms. The Labute approximate surface area is 232 Å². The highest BCUT2D eigenvalue weighted by Gasteiger charge is 2.32. The Hall–Kier alpha value is -4.74. The van der Waals surface area contributed by atoms with Crippen molar-refractivity contribution in [3.63, 3.8) is 0 Å². The van der Waals surface area contributed by atoms with Gasteiger partial charge in [0.2, 0.25) is 0 Å². The lowest BCUT2D eigenvalue weighted by Crippen LogP contribution is -2.45. The molecule has 214 valence electrons. The van der Waals surface area contributed by atoms with Crippen LogP contribution in [0.1, 0.15) is 44.9 Å². The second kappa shape index (κ2) is 13.9. The number of ether oxygens (including phenoxy) is 5. The van der Waals surface area contributed by atoms with E-state index in [4.69, 9.17) is 23.7 Å². The van der Waals surface area contributed by atoms with Gasteiger partial charge in [-0.2, -0.15) is 5.10 Å². The van der Waals surface area contributed by atoms with E-state index in [0.29, 0.717) is 34.1 Å². The molecule has 0 fully saturated rings. The lowest BCUT2D eigenvalue weighted by atomic mass is 9.95. The van der Waals surface area contributed by atoms with Gasteiger partial charge in [-0.25, -0.2) is 15.0 Å². The number of benzene rings is 2. The molecule has 0 radical (unpaired) electrons. The van der Waals surface area contributed by atoms with Crippen LogP contribution in [0.4, 0.5) is 4.79 Å². The lowest BCUT2D eigenvalue weighted by molar-refractivity contribution is -0.139. The molecule has 0 saturated carbocycles. The van der Waals surface area contributed by atoms with Crippen LogP contribution in [-0.2, 0) is 14.3 Å². The van der Waals surface area contributed by atoms with E-state index in [2.05, 4.69) is 21.2 Å². The predicted molar refractivity (Wildman–Crippen MR) is 147 cm³/mol. The smallest absolute Gasteiger partial charge is 0.338 e. The fourth-order valence-corrected chi connectivity index (χ4v) is 3.91. The molecule has 12 nitrogen and oxygen atoms in total. The number of urea groups is 1. The molecule has 2 aromatic carbocycles. The quantitative estimate of drug-likeness (QED) is 0.206. The van der Waals surface area contributed by atoms with E-state index in [1.807, 2.05) is 13.8 Å². The van der Waals surface area contributed by atoms with E-state index in [-0.39, 0.29) is 30.6 Å². The third-order valence-electron chi connectivity index (χ3n) is 5.62. The van der Waals surface area contributed by atoms with Crippen molar-refractivity contribution < 1.29 is 38.1 Å². The molecule has 3 amide bonds. The van der Waals surface area contributed by atoms with Crippen LogP contribution < -0.4 is 35.0 Å². The van der Waals surface area contributed by atoms with Gasteiger partial charge in [0, 0.05) is 11.3 Å². The number of hydrogen-bond donors (Lipinski definition) is 3. The predicted octanol–water partition coefficient (Wildman–Crippen LogP) is 3.21. The second-order valence-electron chi connectivity index (χ2n) is 8.83. The van der Waals surface area contributed by atoms with Crippen LogP contribution in [0, 0.1) is 0 Å². The van der Waals surface area contributed by atoms with Crippen LogP contribution in [0.2, 0.25) is 0 Å². The number of nitrogens with zero attached hydrogens (tertiary/aromatic N) is 1. The van der Waals surface area contributed by atoms with Gasteiger partial charge in [-0.05, 0) is 57.5 Å². The minimum absolute atomic E-state index is 0.0874. The molecule has 0 aromatic heterocycles. The maximum absolute atomic E-state index is 12.6. The fourth-order valence-electron chi connectivity index (χ4n) is 3.91. The van der Waals surface area contributed by atoms with E-state index in [1.54, 1.807) is 57.4 Å². The zero-order valence-corrected chi connectivity index (χ0v) is 23.3. The molecular weight excluding hydrogens is 520 g/mol. The molecule has 40 heavy (non-hydrogen) atoms. The van der Waals surface area contributed by atoms with Gasteiger partial charge in [-0.15, -0.1) is 0 Å². The first kappa shape index (κ1) is 29.8. The molecule has 3 rings (SSSR count).